The van der Waals surface area contributed by atoms with Gasteiger partial charge in [0.1, 0.15) is 0 Å². The van der Waals surface area contributed by atoms with Gasteiger partial charge in [0.2, 0.25) is 5.89 Å². The highest BCUT2D eigenvalue weighted by Gasteiger charge is 2.33. The normalized spacial score (nSPS) is 11.3. The Bertz CT molecular complexity index is 758. The Balaban J connectivity index is 2.24. The molecule has 0 aliphatic rings. The molecule has 0 bridgehead atoms. The number of nitrogen functional groups attached to an aromatic ring is 1. The summed E-state index contributed by atoms with van der Waals surface area (Å²) in [5.74, 6) is -1.05. The summed E-state index contributed by atoms with van der Waals surface area (Å²) < 4.78 is 42.9. The molecule has 0 aliphatic carbocycles. The fraction of sp³-hybridized carbons (Fsp3) is 0.182. The summed E-state index contributed by atoms with van der Waals surface area (Å²) in [5, 5.41) is 19.7. The fourth-order valence-electron chi connectivity index (χ4n) is 1.61. The zero-order valence-corrected chi connectivity index (χ0v) is 11.1. The highest BCUT2D eigenvalue weighted by Crippen LogP contribution is 2.32. The van der Waals surface area contributed by atoms with Crippen LogP contribution < -0.4 is 11.1 Å². The second-order valence-electron chi connectivity index (χ2n) is 4.24. The van der Waals surface area contributed by atoms with Gasteiger partial charge in [-0.05, 0) is 6.07 Å². The highest BCUT2D eigenvalue weighted by atomic mass is 19.4. The van der Waals surface area contributed by atoms with Crippen molar-refractivity contribution in [2.24, 2.45) is 0 Å². The number of aromatic nitrogens is 2. The van der Waals surface area contributed by atoms with Crippen molar-refractivity contribution in [2.75, 3.05) is 5.73 Å². The molecule has 0 fully saturated rings. The van der Waals surface area contributed by atoms with E-state index in [0.29, 0.717) is 12.1 Å². The minimum absolute atomic E-state index is 0.0719. The summed E-state index contributed by atoms with van der Waals surface area (Å²) in [7, 11) is 0. The largest absolute Gasteiger partial charge is 0.416 e. The van der Waals surface area contributed by atoms with Crippen molar-refractivity contribution in [2.45, 2.75) is 12.7 Å². The first-order valence-electron chi connectivity index (χ1n) is 5.89. The number of nitrogens with two attached hydrogens (primary N) is 1. The average molecular weight is 331 g/mol. The summed E-state index contributed by atoms with van der Waals surface area (Å²) in [6, 6.07) is 1.33. The Hall–Kier alpha value is -3.18. The number of carbonyl (C=O) groups excluding carboxylic acids is 1. The number of non-ortho nitro benzene ring substituents is 1. The van der Waals surface area contributed by atoms with E-state index in [1.165, 1.54) is 0 Å². The van der Waals surface area contributed by atoms with Crippen LogP contribution in [0.25, 0.3) is 0 Å². The number of alkyl halides is 3. The van der Waals surface area contributed by atoms with Gasteiger partial charge in [-0.25, -0.2) is 0 Å². The molecule has 0 unspecified atom stereocenters. The summed E-state index contributed by atoms with van der Waals surface area (Å²) in [6.45, 7) is -0.299. The minimum atomic E-state index is -4.83. The molecule has 1 aromatic carbocycles. The molecule has 0 saturated heterocycles. The van der Waals surface area contributed by atoms with Crippen LogP contribution in [0.4, 0.5) is 24.9 Å². The van der Waals surface area contributed by atoms with Crippen LogP contribution in [0.1, 0.15) is 21.8 Å². The number of hydrogen-bond acceptors (Lipinski definition) is 7. The minimum Gasteiger partial charge on any atom is -0.406 e. The molecule has 0 spiro atoms. The Kier molecular flexibility index (Phi) is 4.16. The number of hydrogen-bond donors (Lipinski definition) is 2. The van der Waals surface area contributed by atoms with E-state index in [9.17, 15) is 28.1 Å². The second-order valence-corrected chi connectivity index (χ2v) is 4.24. The van der Waals surface area contributed by atoms with Crippen LogP contribution in [0, 0.1) is 10.1 Å². The van der Waals surface area contributed by atoms with Crippen molar-refractivity contribution in [3.05, 3.63) is 45.3 Å². The predicted octanol–water partition coefficient (Wildman–Crippen LogP) is 1.51. The Morgan fingerprint density at radius 3 is 2.57 bits per heavy atom. The maximum Gasteiger partial charge on any atom is 0.416 e. The molecule has 1 aromatic heterocycles. The van der Waals surface area contributed by atoms with Gasteiger partial charge in [0, 0.05) is 17.7 Å². The van der Waals surface area contributed by atoms with Crippen LogP contribution in [0.5, 0.6) is 0 Å². The molecule has 0 atom stereocenters. The molecule has 9 nitrogen and oxygen atoms in total. The van der Waals surface area contributed by atoms with E-state index < -0.39 is 33.8 Å². The molecule has 0 aliphatic heterocycles. The van der Waals surface area contributed by atoms with Gasteiger partial charge in [0.05, 0.1) is 17.0 Å². The molecule has 2 aromatic rings. The number of rotatable bonds is 4. The zero-order chi connectivity index (χ0) is 17.2. The number of halogens is 3. The van der Waals surface area contributed by atoms with Gasteiger partial charge < -0.3 is 15.5 Å². The van der Waals surface area contributed by atoms with Gasteiger partial charge in [0.15, 0.2) is 0 Å². The third-order valence-electron chi connectivity index (χ3n) is 2.60. The number of amides is 1. The maximum atomic E-state index is 12.7. The summed E-state index contributed by atoms with van der Waals surface area (Å²) in [4.78, 5) is 21.5. The number of benzene rings is 1. The lowest BCUT2D eigenvalue weighted by molar-refractivity contribution is -0.385. The zero-order valence-electron chi connectivity index (χ0n) is 11.1. The number of nitrogens with zero attached hydrogens (tertiary/aromatic N) is 3. The van der Waals surface area contributed by atoms with E-state index in [1.54, 1.807) is 0 Å². The Morgan fingerprint density at radius 2 is 2.04 bits per heavy atom. The van der Waals surface area contributed by atoms with E-state index >= 15 is 0 Å². The lowest BCUT2D eigenvalue weighted by atomic mass is 10.1. The maximum absolute atomic E-state index is 12.7. The molecule has 122 valence electrons. The molecular weight excluding hydrogens is 323 g/mol. The first kappa shape index (κ1) is 16.2. The number of nitro groups is 1. The standard InChI is InChI=1S/C11H8F3N5O4/c12-11(13,14)6-1-5(2-7(3-6)19(21)22)9(20)16-4-8-17-18-10(15)23-8/h1-3H,4H2,(H2,15,18)(H,16,20). The van der Waals surface area contributed by atoms with Crippen molar-refractivity contribution in [3.63, 3.8) is 0 Å². The van der Waals surface area contributed by atoms with E-state index in [0.717, 1.165) is 6.07 Å². The quantitative estimate of drug-likeness (QED) is 0.639. The molecule has 0 saturated carbocycles. The van der Waals surface area contributed by atoms with E-state index in [4.69, 9.17) is 10.2 Å². The average Bonchev–Trinajstić information content (AvgIpc) is 2.89. The van der Waals surface area contributed by atoms with Crippen molar-refractivity contribution < 1.29 is 27.3 Å². The molecule has 1 heterocycles. The molecular formula is C11H8F3N5O4. The van der Waals surface area contributed by atoms with Crippen molar-refractivity contribution in [1.82, 2.24) is 15.5 Å². The number of nitrogens with one attached hydrogen (secondary N) is 1. The molecule has 12 heteroatoms. The van der Waals surface area contributed by atoms with Crippen LogP contribution in [0.15, 0.2) is 22.6 Å². The Labute approximate surface area is 125 Å². The summed E-state index contributed by atoms with van der Waals surface area (Å²) in [5.41, 5.74) is 2.47. The number of anilines is 1. The topological polar surface area (TPSA) is 137 Å². The molecule has 23 heavy (non-hydrogen) atoms. The van der Waals surface area contributed by atoms with Crippen LogP contribution in [0.2, 0.25) is 0 Å². The van der Waals surface area contributed by atoms with Gasteiger partial charge >= 0.3 is 12.2 Å². The van der Waals surface area contributed by atoms with Gasteiger partial charge in [-0.1, -0.05) is 5.10 Å². The molecule has 1 amide bonds. The SMILES string of the molecule is Nc1nnc(CNC(=O)c2cc([N+](=O)[O-])cc(C(F)(F)F)c2)o1. The second kappa shape index (κ2) is 5.90. The molecule has 3 N–H and O–H groups in total. The summed E-state index contributed by atoms with van der Waals surface area (Å²) >= 11 is 0. The Morgan fingerprint density at radius 1 is 1.35 bits per heavy atom. The summed E-state index contributed by atoms with van der Waals surface area (Å²) in [6.07, 6.45) is -4.83. The first-order chi connectivity index (χ1) is 10.7. The van der Waals surface area contributed by atoms with Gasteiger partial charge in [-0.2, -0.15) is 13.2 Å². The molecule has 2 rings (SSSR count). The van der Waals surface area contributed by atoms with Gasteiger partial charge in [-0.3, -0.25) is 14.9 Å². The highest BCUT2D eigenvalue weighted by molar-refractivity contribution is 5.95. The first-order valence-corrected chi connectivity index (χ1v) is 5.89. The monoisotopic (exact) mass is 331 g/mol. The van der Waals surface area contributed by atoms with Crippen molar-refractivity contribution >= 4 is 17.6 Å². The fourth-order valence-corrected chi connectivity index (χ4v) is 1.61. The number of carbonyl (C=O) groups is 1. The smallest absolute Gasteiger partial charge is 0.406 e. The van der Waals surface area contributed by atoms with Crippen LogP contribution in [-0.2, 0) is 12.7 Å². The molecule has 0 radical (unpaired) electrons. The lowest BCUT2D eigenvalue weighted by Crippen LogP contribution is -2.23. The number of nitro benzene ring substituents is 1. The lowest BCUT2D eigenvalue weighted by Gasteiger charge is -2.09. The van der Waals surface area contributed by atoms with Crippen LogP contribution >= 0.6 is 0 Å². The third-order valence-corrected chi connectivity index (χ3v) is 2.60. The van der Waals surface area contributed by atoms with E-state index in [1.807, 2.05) is 0 Å². The van der Waals surface area contributed by atoms with Gasteiger partial charge in [-0.15, -0.1) is 5.10 Å². The predicted molar refractivity (Wildman–Crippen MR) is 68.0 cm³/mol. The van der Waals surface area contributed by atoms with Gasteiger partial charge in [0.25, 0.3) is 11.6 Å². The van der Waals surface area contributed by atoms with E-state index in [-0.39, 0.29) is 18.5 Å². The van der Waals surface area contributed by atoms with E-state index in [2.05, 4.69) is 15.5 Å². The van der Waals surface area contributed by atoms with Crippen molar-refractivity contribution in [3.8, 4) is 0 Å². The van der Waals surface area contributed by atoms with Crippen LogP contribution in [0.3, 0.4) is 0 Å². The van der Waals surface area contributed by atoms with Crippen LogP contribution in [-0.4, -0.2) is 21.0 Å². The third kappa shape index (κ3) is 3.93. The van der Waals surface area contributed by atoms with Crippen molar-refractivity contribution in [1.29, 1.82) is 0 Å².